The van der Waals surface area contributed by atoms with Gasteiger partial charge in [0.25, 0.3) is 0 Å². The highest BCUT2D eigenvalue weighted by molar-refractivity contribution is 5.92. The second kappa shape index (κ2) is 12.0. The molecule has 0 bridgehead atoms. The quantitative estimate of drug-likeness (QED) is 0.333. The number of carbonyl (C=O) groups is 2. The Bertz CT molecular complexity index is 1210. The molecular formula is C30H33NO4. The number of ether oxygens (including phenoxy) is 1. The van der Waals surface area contributed by atoms with E-state index in [0.29, 0.717) is 24.6 Å². The number of aryl methyl sites for hydroxylation is 3. The van der Waals surface area contributed by atoms with Crippen LogP contribution in [0.15, 0.2) is 78.4 Å². The van der Waals surface area contributed by atoms with Crippen molar-refractivity contribution in [2.45, 2.75) is 47.1 Å². The van der Waals surface area contributed by atoms with E-state index < -0.39 is 5.97 Å². The number of nitrogens with zero attached hydrogens (tertiary/aromatic N) is 1. The molecule has 0 fully saturated rings. The Hall–Kier alpha value is -3.86. The van der Waals surface area contributed by atoms with Crippen molar-refractivity contribution >= 4 is 11.9 Å². The Morgan fingerprint density at radius 2 is 1.66 bits per heavy atom. The van der Waals surface area contributed by atoms with Gasteiger partial charge in [-0.3, -0.25) is 4.79 Å². The van der Waals surface area contributed by atoms with E-state index in [2.05, 4.69) is 31.2 Å². The average molecular weight is 472 g/mol. The Morgan fingerprint density at radius 1 is 0.943 bits per heavy atom. The average Bonchev–Trinajstić information content (AvgIpc) is 2.83. The molecule has 5 heteroatoms. The van der Waals surface area contributed by atoms with Gasteiger partial charge in [0.15, 0.2) is 0 Å². The van der Waals surface area contributed by atoms with Gasteiger partial charge in [0.05, 0.1) is 0 Å². The number of hydrogen-bond acceptors (Lipinski definition) is 3. The fraction of sp³-hybridized carbons (Fsp3) is 0.267. The summed E-state index contributed by atoms with van der Waals surface area (Å²) in [4.78, 5) is 26.4. The van der Waals surface area contributed by atoms with Crippen LogP contribution >= 0.6 is 0 Å². The minimum absolute atomic E-state index is 0.0305. The van der Waals surface area contributed by atoms with Crippen LogP contribution in [0.1, 0.15) is 52.9 Å². The largest absolute Gasteiger partial charge is 0.478 e. The molecule has 1 N–H and O–H groups in total. The summed E-state index contributed by atoms with van der Waals surface area (Å²) in [5.74, 6) is -0.149. The molecule has 1 amide bonds. The standard InChI is InChI=1S/C30H33NO4/c1-5-23(4)29(32)31(17-7-10-24-9-6-8-21(2)18-24)20-25-12-14-26(15-13-25)35-28-19-22(3)11-16-27(28)30(33)34/h5-6,8-9,11-16,18-19H,7,10,17,20H2,1-4H3,(H,33,34)/b23-5-. The van der Waals surface area contributed by atoms with Gasteiger partial charge in [-0.05, 0) is 81.5 Å². The lowest BCUT2D eigenvalue weighted by Gasteiger charge is -2.23. The van der Waals surface area contributed by atoms with Gasteiger partial charge in [-0.2, -0.15) is 0 Å². The molecule has 0 heterocycles. The molecule has 0 aliphatic heterocycles. The third-order valence-corrected chi connectivity index (χ3v) is 5.93. The Morgan fingerprint density at radius 3 is 2.31 bits per heavy atom. The maximum Gasteiger partial charge on any atom is 0.339 e. The van der Waals surface area contributed by atoms with Crippen molar-refractivity contribution in [2.75, 3.05) is 6.54 Å². The first kappa shape index (κ1) is 25.8. The van der Waals surface area contributed by atoms with E-state index in [1.54, 1.807) is 30.3 Å². The van der Waals surface area contributed by atoms with Crippen molar-refractivity contribution < 1.29 is 19.4 Å². The SMILES string of the molecule is C/C=C(/C)C(=O)N(CCCc1cccc(C)c1)Cc1ccc(Oc2cc(C)ccc2C(=O)O)cc1. The lowest BCUT2D eigenvalue weighted by Crippen LogP contribution is -2.32. The van der Waals surface area contributed by atoms with E-state index in [-0.39, 0.29) is 11.5 Å². The molecule has 0 unspecified atom stereocenters. The number of benzene rings is 3. The zero-order valence-corrected chi connectivity index (χ0v) is 20.9. The van der Waals surface area contributed by atoms with Crippen LogP contribution in [-0.2, 0) is 17.8 Å². The molecule has 182 valence electrons. The zero-order valence-electron chi connectivity index (χ0n) is 20.9. The van der Waals surface area contributed by atoms with Gasteiger partial charge in [0, 0.05) is 18.7 Å². The van der Waals surface area contributed by atoms with E-state index in [4.69, 9.17) is 4.74 Å². The van der Waals surface area contributed by atoms with E-state index in [0.717, 1.165) is 29.5 Å². The molecule has 5 nitrogen and oxygen atoms in total. The fourth-order valence-electron chi connectivity index (χ4n) is 3.87. The number of hydrogen-bond donors (Lipinski definition) is 1. The first-order valence-electron chi connectivity index (χ1n) is 11.9. The summed E-state index contributed by atoms with van der Waals surface area (Å²) >= 11 is 0. The van der Waals surface area contributed by atoms with E-state index in [1.807, 2.05) is 43.9 Å². The molecule has 0 spiro atoms. The molecule has 0 saturated heterocycles. The van der Waals surface area contributed by atoms with Crippen LogP contribution in [0.4, 0.5) is 0 Å². The van der Waals surface area contributed by atoms with Crippen LogP contribution in [0.5, 0.6) is 11.5 Å². The minimum atomic E-state index is -1.03. The van der Waals surface area contributed by atoms with Gasteiger partial charge in [-0.15, -0.1) is 0 Å². The maximum atomic E-state index is 13.0. The monoisotopic (exact) mass is 471 g/mol. The molecule has 0 saturated carbocycles. The highest BCUT2D eigenvalue weighted by Gasteiger charge is 2.16. The molecule has 3 aromatic rings. The summed E-state index contributed by atoms with van der Waals surface area (Å²) in [7, 11) is 0. The lowest BCUT2D eigenvalue weighted by atomic mass is 10.1. The van der Waals surface area contributed by atoms with Crippen LogP contribution < -0.4 is 4.74 Å². The van der Waals surface area contributed by atoms with Crippen molar-refractivity contribution in [3.05, 3.63) is 106 Å². The van der Waals surface area contributed by atoms with Gasteiger partial charge in [0.2, 0.25) is 5.91 Å². The van der Waals surface area contributed by atoms with Crippen LogP contribution in [0.3, 0.4) is 0 Å². The summed E-state index contributed by atoms with van der Waals surface area (Å²) in [6.45, 7) is 8.84. The summed E-state index contributed by atoms with van der Waals surface area (Å²) in [6.07, 6.45) is 3.63. The highest BCUT2D eigenvalue weighted by Crippen LogP contribution is 2.27. The van der Waals surface area contributed by atoms with Gasteiger partial charge >= 0.3 is 5.97 Å². The molecule has 0 atom stereocenters. The normalized spacial score (nSPS) is 11.3. The number of aromatic carboxylic acids is 1. The summed E-state index contributed by atoms with van der Waals surface area (Å²) in [5.41, 5.74) is 5.25. The van der Waals surface area contributed by atoms with Crippen molar-refractivity contribution in [1.82, 2.24) is 4.90 Å². The topological polar surface area (TPSA) is 66.8 Å². The Kier molecular flexibility index (Phi) is 8.85. The lowest BCUT2D eigenvalue weighted by molar-refractivity contribution is -0.127. The number of carboxylic acids is 1. The number of rotatable bonds is 10. The summed E-state index contributed by atoms with van der Waals surface area (Å²) < 4.78 is 5.87. The molecule has 3 aromatic carbocycles. The molecular weight excluding hydrogens is 438 g/mol. The molecule has 0 aliphatic carbocycles. The Labute approximate surface area is 207 Å². The van der Waals surface area contributed by atoms with E-state index >= 15 is 0 Å². The van der Waals surface area contributed by atoms with Gasteiger partial charge in [-0.25, -0.2) is 4.79 Å². The van der Waals surface area contributed by atoms with Gasteiger partial charge in [-0.1, -0.05) is 54.1 Å². The van der Waals surface area contributed by atoms with Gasteiger partial charge < -0.3 is 14.7 Å². The molecule has 0 aromatic heterocycles. The third-order valence-electron chi connectivity index (χ3n) is 5.93. The van der Waals surface area contributed by atoms with E-state index in [9.17, 15) is 14.7 Å². The predicted octanol–water partition coefficient (Wildman–Crippen LogP) is 6.72. The fourth-order valence-corrected chi connectivity index (χ4v) is 3.87. The summed E-state index contributed by atoms with van der Waals surface area (Å²) in [5, 5.41) is 9.43. The Balaban J connectivity index is 1.70. The van der Waals surface area contributed by atoms with Crippen molar-refractivity contribution in [1.29, 1.82) is 0 Å². The summed E-state index contributed by atoms with van der Waals surface area (Å²) in [6, 6.07) is 20.9. The van der Waals surface area contributed by atoms with E-state index in [1.165, 1.54) is 11.1 Å². The number of carbonyl (C=O) groups excluding carboxylic acids is 1. The van der Waals surface area contributed by atoms with Crippen LogP contribution in [0.25, 0.3) is 0 Å². The maximum absolute atomic E-state index is 13.0. The first-order valence-corrected chi connectivity index (χ1v) is 11.9. The zero-order chi connectivity index (χ0) is 25.4. The van der Waals surface area contributed by atoms with Crippen LogP contribution in [-0.4, -0.2) is 28.4 Å². The van der Waals surface area contributed by atoms with Crippen molar-refractivity contribution in [3.8, 4) is 11.5 Å². The van der Waals surface area contributed by atoms with Gasteiger partial charge in [0.1, 0.15) is 17.1 Å². The van der Waals surface area contributed by atoms with Crippen molar-refractivity contribution in [2.24, 2.45) is 0 Å². The first-order chi connectivity index (χ1) is 16.8. The third kappa shape index (κ3) is 7.31. The number of carboxylic acid groups (broad SMARTS) is 1. The van der Waals surface area contributed by atoms with Crippen LogP contribution in [0.2, 0.25) is 0 Å². The molecule has 3 rings (SSSR count). The molecule has 0 aliphatic rings. The number of amides is 1. The minimum Gasteiger partial charge on any atom is -0.478 e. The highest BCUT2D eigenvalue weighted by atomic mass is 16.5. The van der Waals surface area contributed by atoms with Crippen LogP contribution in [0, 0.1) is 13.8 Å². The van der Waals surface area contributed by atoms with Crippen molar-refractivity contribution in [3.63, 3.8) is 0 Å². The molecule has 0 radical (unpaired) electrons. The number of allylic oxidation sites excluding steroid dienone is 1. The second-order valence-corrected chi connectivity index (χ2v) is 8.84. The smallest absolute Gasteiger partial charge is 0.339 e. The predicted molar refractivity (Wildman–Crippen MR) is 139 cm³/mol. The second-order valence-electron chi connectivity index (χ2n) is 8.84. The molecule has 35 heavy (non-hydrogen) atoms.